The molecule has 3 heteroatoms. The van der Waals surface area contributed by atoms with E-state index in [1.54, 1.807) is 0 Å². The van der Waals surface area contributed by atoms with Gasteiger partial charge in [0, 0.05) is 54.5 Å². The van der Waals surface area contributed by atoms with E-state index in [2.05, 4.69) is 179 Å². The minimum absolute atomic E-state index is 0.898. The van der Waals surface area contributed by atoms with Gasteiger partial charge in [-0.1, -0.05) is 127 Å². The van der Waals surface area contributed by atoms with Crippen LogP contribution in [0.5, 0.6) is 0 Å². The van der Waals surface area contributed by atoms with Gasteiger partial charge in [0.05, 0.1) is 22.1 Å². The first-order valence-corrected chi connectivity index (χ1v) is 17.5. The molecule has 0 unspecified atom stereocenters. The highest BCUT2D eigenvalue weighted by Crippen LogP contribution is 2.50. The zero-order chi connectivity index (χ0) is 33.2. The van der Waals surface area contributed by atoms with Crippen LogP contribution in [-0.4, -0.2) is 9.13 Å². The molecule has 236 valence electrons. The van der Waals surface area contributed by atoms with Crippen LogP contribution >= 0.6 is 0 Å². The molecule has 0 saturated heterocycles. The second kappa shape index (κ2) is 9.87. The first kappa shape index (κ1) is 27.0. The van der Waals surface area contributed by atoms with Crippen molar-refractivity contribution in [2.45, 2.75) is 0 Å². The fourth-order valence-electron chi connectivity index (χ4n) is 9.07. The van der Waals surface area contributed by atoms with Crippen LogP contribution in [0.4, 0.5) is 0 Å². The maximum Gasteiger partial charge on any atom is 0.160 e. The highest BCUT2D eigenvalue weighted by molar-refractivity contribution is 6.44. The van der Waals surface area contributed by atoms with Gasteiger partial charge in [-0.3, -0.25) is 0 Å². The number of fused-ring (bicyclic) bond motifs is 18. The van der Waals surface area contributed by atoms with E-state index in [-0.39, 0.29) is 0 Å². The number of hydrogen-bond donors (Lipinski definition) is 0. The Morgan fingerprint density at radius 2 is 0.765 bits per heavy atom. The summed E-state index contributed by atoms with van der Waals surface area (Å²) in [6.07, 6.45) is 0. The minimum Gasteiger partial charge on any atom is -0.454 e. The van der Waals surface area contributed by atoms with Crippen molar-refractivity contribution >= 4 is 97.9 Å². The molecule has 0 spiro atoms. The lowest BCUT2D eigenvalue weighted by Gasteiger charge is -2.15. The molecule has 0 bridgehead atoms. The Labute approximate surface area is 291 Å². The Hall–Kier alpha value is -6.84. The Bertz CT molecular complexity index is 3380. The zero-order valence-electron chi connectivity index (χ0n) is 27.5. The summed E-state index contributed by atoms with van der Waals surface area (Å²) >= 11 is 0. The molecule has 12 rings (SSSR count). The molecule has 12 aromatic rings. The van der Waals surface area contributed by atoms with Gasteiger partial charge in [0.25, 0.3) is 0 Å². The molecule has 0 aliphatic heterocycles. The van der Waals surface area contributed by atoms with Crippen LogP contribution in [0.1, 0.15) is 0 Å². The van der Waals surface area contributed by atoms with E-state index in [0.717, 1.165) is 44.3 Å². The van der Waals surface area contributed by atoms with Crippen molar-refractivity contribution in [3.05, 3.63) is 170 Å². The molecule has 0 N–H and O–H groups in total. The van der Waals surface area contributed by atoms with Crippen LogP contribution in [0.2, 0.25) is 0 Å². The quantitative estimate of drug-likeness (QED) is 0.171. The van der Waals surface area contributed by atoms with Crippen LogP contribution in [0.15, 0.2) is 174 Å². The topological polar surface area (TPSA) is 23.0 Å². The summed E-state index contributed by atoms with van der Waals surface area (Å²) in [5, 5.41) is 14.8. The van der Waals surface area contributed by atoms with E-state index in [9.17, 15) is 0 Å². The molecule has 3 aromatic heterocycles. The van der Waals surface area contributed by atoms with Crippen LogP contribution in [0.3, 0.4) is 0 Å². The minimum atomic E-state index is 0.898. The average Bonchev–Trinajstić information content (AvgIpc) is 3.86. The van der Waals surface area contributed by atoms with Gasteiger partial charge in [-0.25, -0.2) is 0 Å². The monoisotopic (exact) mass is 648 g/mol. The van der Waals surface area contributed by atoms with Crippen LogP contribution in [0.25, 0.3) is 109 Å². The normalized spacial score (nSPS) is 12.3. The number of hydrogen-bond acceptors (Lipinski definition) is 1. The molecule has 0 aliphatic rings. The van der Waals surface area contributed by atoms with E-state index >= 15 is 0 Å². The van der Waals surface area contributed by atoms with Gasteiger partial charge in [-0.15, -0.1) is 0 Å². The van der Waals surface area contributed by atoms with Crippen LogP contribution in [-0.2, 0) is 0 Å². The molecule has 0 radical (unpaired) electrons. The van der Waals surface area contributed by atoms with E-state index in [0.29, 0.717) is 0 Å². The third-order valence-electron chi connectivity index (χ3n) is 11.0. The zero-order valence-corrected chi connectivity index (χ0v) is 27.5. The molecule has 0 aliphatic carbocycles. The third-order valence-corrected chi connectivity index (χ3v) is 11.0. The summed E-state index contributed by atoms with van der Waals surface area (Å²) < 4.78 is 11.9. The van der Waals surface area contributed by atoms with Gasteiger partial charge < -0.3 is 13.6 Å². The summed E-state index contributed by atoms with van der Waals surface area (Å²) in [4.78, 5) is 0. The predicted octanol–water partition coefficient (Wildman–Crippen LogP) is 13.2. The standard InChI is InChI=1S/C48H28N2O/c1-3-20-35-31(16-1)32-17-2-4-21-36(32)44-43(35)45-37-22-7-11-26-41(37)50(47(45)48-46(44)38-23-8-12-27-42(38)51-48)30-15-13-14-29(28-30)49-39-24-9-5-18-33(39)34-19-6-10-25-40(34)49/h1-28H. The molecule has 9 aromatic carbocycles. The lowest BCUT2D eigenvalue weighted by atomic mass is 9.89. The number of furan rings is 1. The van der Waals surface area contributed by atoms with E-state index < -0.39 is 0 Å². The number of nitrogens with zero attached hydrogens (tertiary/aromatic N) is 2. The Balaban J connectivity index is 1.31. The van der Waals surface area contributed by atoms with Crippen molar-refractivity contribution in [2.24, 2.45) is 0 Å². The molecule has 51 heavy (non-hydrogen) atoms. The van der Waals surface area contributed by atoms with Crippen molar-refractivity contribution in [3.8, 4) is 11.4 Å². The SMILES string of the molecule is c1cc(-n2c3ccccc3c3ccccc32)cc(-n2c3ccccc3c3c4c5ccccc5c5ccccc5c4c4c5ccccc5oc4c32)c1. The predicted molar refractivity (Wildman–Crippen MR) is 215 cm³/mol. The van der Waals surface area contributed by atoms with Crippen molar-refractivity contribution in [2.75, 3.05) is 0 Å². The lowest BCUT2D eigenvalue weighted by molar-refractivity contribution is 0.671. The number of benzene rings is 9. The molecule has 0 atom stereocenters. The first-order valence-electron chi connectivity index (χ1n) is 17.5. The maximum absolute atomic E-state index is 7.02. The summed E-state index contributed by atoms with van der Waals surface area (Å²) in [5.74, 6) is 0. The van der Waals surface area contributed by atoms with Gasteiger partial charge in [-0.2, -0.15) is 0 Å². The first-order chi connectivity index (χ1) is 25.3. The van der Waals surface area contributed by atoms with E-state index in [4.69, 9.17) is 4.42 Å². The van der Waals surface area contributed by atoms with E-state index in [1.165, 1.54) is 64.9 Å². The second-order valence-corrected chi connectivity index (χ2v) is 13.6. The molecule has 0 fully saturated rings. The van der Waals surface area contributed by atoms with Gasteiger partial charge >= 0.3 is 0 Å². The summed E-state index contributed by atoms with van der Waals surface area (Å²) in [5.41, 5.74) is 8.66. The van der Waals surface area contributed by atoms with Gasteiger partial charge in [0.1, 0.15) is 5.58 Å². The molecule has 3 heterocycles. The smallest absolute Gasteiger partial charge is 0.160 e. The Morgan fingerprint density at radius 3 is 1.39 bits per heavy atom. The maximum atomic E-state index is 7.02. The molecular formula is C48H28N2O. The average molecular weight is 649 g/mol. The number of para-hydroxylation sites is 4. The Morgan fingerprint density at radius 1 is 0.314 bits per heavy atom. The molecular weight excluding hydrogens is 621 g/mol. The van der Waals surface area contributed by atoms with Gasteiger partial charge in [0.15, 0.2) is 5.58 Å². The highest BCUT2D eigenvalue weighted by Gasteiger charge is 2.26. The Kier molecular flexibility index (Phi) is 5.23. The fourth-order valence-corrected chi connectivity index (χ4v) is 9.07. The molecule has 0 saturated carbocycles. The summed E-state index contributed by atoms with van der Waals surface area (Å²) in [6, 6.07) is 61.5. The molecule has 3 nitrogen and oxygen atoms in total. The van der Waals surface area contributed by atoms with Crippen molar-refractivity contribution in [1.82, 2.24) is 9.13 Å². The van der Waals surface area contributed by atoms with Crippen molar-refractivity contribution in [1.29, 1.82) is 0 Å². The fraction of sp³-hybridized carbons (Fsp3) is 0. The lowest BCUT2D eigenvalue weighted by Crippen LogP contribution is -1.99. The van der Waals surface area contributed by atoms with E-state index in [1.807, 2.05) is 0 Å². The van der Waals surface area contributed by atoms with Crippen molar-refractivity contribution in [3.63, 3.8) is 0 Å². The largest absolute Gasteiger partial charge is 0.454 e. The third kappa shape index (κ3) is 3.47. The highest BCUT2D eigenvalue weighted by atomic mass is 16.3. The van der Waals surface area contributed by atoms with Crippen LogP contribution in [0, 0.1) is 0 Å². The van der Waals surface area contributed by atoms with Crippen LogP contribution < -0.4 is 0 Å². The molecule has 0 amide bonds. The van der Waals surface area contributed by atoms with Gasteiger partial charge in [0.2, 0.25) is 0 Å². The number of aromatic nitrogens is 2. The second-order valence-electron chi connectivity index (χ2n) is 13.6. The van der Waals surface area contributed by atoms with Crippen molar-refractivity contribution < 1.29 is 4.42 Å². The van der Waals surface area contributed by atoms with Gasteiger partial charge in [-0.05, 0) is 64.0 Å². The summed E-state index contributed by atoms with van der Waals surface area (Å²) in [7, 11) is 0. The summed E-state index contributed by atoms with van der Waals surface area (Å²) in [6.45, 7) is 0. The number of rotatable bonds is 2.